The number of benzene rings is 1. The van der Waals surface area contributed by atoms with Crippen LogP contribution in [0.4, 0.5) is 16.2 Å². The summed E-state index contributed by atoms with van der Waals surface area (Å²) in [6, 6.07) is 6.03. The van der Waals surface area contributed by atoms with Gasteiger partial charge in [0.1, 0.15) is 0 Å². The molecule has 1 aromatic carbocycles. The summed E-state index contributed by atoms with van der Waals surface area (Å²) in [4.78, 5) is 16.2. The Bertz CT molecular complexity index is 565. The molecule has 0 spiro atoms. The van der Waals surface area contributed by atoms with Crippen LogP contribution < -0.4 is 10.2 Å². The van der Waals surface area contributed by atoms with Crippen LogP contribution in [0, 0.1) is 12.8 Å². The summed E-state index contributed by atoms with van der Waals surface area (Å²) >= 11 is 0. The van der Waals surface area contributed by atoms with Gasteiger partial charge in [-0.1, -0.05) is 0 Å². The van der Waals surface area contributed by atoms with E-state index in [-0.39, 0.29) is 6.03 Å². The zero-order valence-corrected chi connectivity index (χ0v) is 14.1. The standard InChI is InChI=1S/C18H27N3O2/c1-13-11-15(21-9-3-4-10-21)7-8-16(13)19-18(23)20(2)12-17(22)14-5-6-14/h7-8,11,14,17,22H,3-6,9-10,12H2,1-2H3,(H,19,23). The number of nitrogens with one attached hydrogen (secondary N) is 1. The van der Waals surface area contributed by atoms with Crippen LogP contribution >= 0.6 is 0 Å². The van der Waals surface area contributed by atoms with Gasteiger partial charge in [0.05, 0.1) is 6.10 Å². The molecule has 1 aliphatic carbocycles. The molecule has 5 heteroatoms. The summed E-state index contributed by atoms with van der Waals surface area (Å²) in [5, 5.41) is 12.9. The van der Waals surface area contributed by atoms with E-state index < -0.39 is 6.10 Å². The SMILES string of the molecule is Cc1cc(N2CCCC2)ccc1NC(=O)N(C)CC(O)C1CC1. The van der Waals surface area contributed by atoms with Gasteiger partial charge in [0.15, 0.2) is 0 Å². The summed E-state index contributed by atoms with van der Waals surface area (Å²) in [5.41, 5.74) is 3.14. The molecule has 0 bridgehead atoms. The van der Waals surface area contributed by atoms with Crippen LogP contribution in [-0.2, 0) is 0 Å². The molecule has 2 aliphatic rings. The van der Waals surface area contributed by atoms with Gasteiger partial charge in [-0.05, 0) is 62.3 Å². The highest BCUT2D eigenvalue weighted by Gasteiger charge is 2.31. The first-order valence-corrected chi connectivity index (χ1v) is 8.60. The number of rotatable bonds is 5. The van der Waals surface area contributed by atoms with Crippen molar-refractivity contribution in [1.29, 1.82) is 0 Å². The van der Waals surface area contributed by atoms with Gasteiger partial charge in [0.25, 0.3) is 0 Å². The van der Waals surface area contributed by atoms with Crippen molar-refractivity contribution in [2.75, 3.05) is 36.9 Å². The number of amides is 2. The molecule has 2 fully saturated rings. The average Bonchev–Trinajstić information content (AvgIpc) is 3.24. The first-order valence-electron chi connectivity index (χ1n) is 8.60. The molecule has 126 valence electrons. The largest absolute Gasteiger partial charge is 0.391 e. The second-order valence-electron chi connectivity index (χ2n) is 6.91. The second kappa shape index (κ2) is 6.79. The second-order valence-corrected chi connectivity index (χ2v) is 6.91. The highest BCUT2D eigenvalue weighted by Crippen LogP contribution is 2.32. The predicted octanol–water partition coefficient (Wildman–Crippen LogP) is 2.83. The lowest BCUT2D eigenvalue weighted by molar-refractivity contribution is 0.117. The van der Waals surface area contributed by atoms with Crippen molar-refractivity contribution in [3.63, 3.8) is 0 Å². The molecule has 2 N–H and O–H groups in total. The highest BCUT2D eigenvalue weighted by molar-refractivity contribution is 5.90. The van der Waals surface area contributed by atoms with E-state index in [1.54, 1.807) is 11.9 Å². The van der Waals surface area contributed by atoms with Gasteiger partial charge in [-0.2, -0.15) is 0 Å². The van der Waals surface area contributed by atoms with Gasteiger partial charge in [0, 0.05) is 38.1 Å². The fraction of sp³-hybridized carbons (Fsp3) is 0.611. The molecule has 0 radical (unpaired) electrons. The lowest BCUT2D eigenvalue weighted by Crippen LogP contribution is -2.38. The molecule has 23 heavy (non-hydrogen) atoms. The van der Waals surface area contributed by atoms with Gasteiger partial charge in [0.2, 0.25) is 0 Å². The Labute approximate surface area is 138 Å². The topological polar surface area (TPSA) is 55.8 Å². The number of aryl methyl sites for hydroxylation is 1. The normalized spacial score (nSPS) is 18.8. The number of urea groups is 1. The van der Waals surface area contributed by atoms with Crippen LogP contribution in [0.2, 0.25) is 0 Å². The van der Waals surface area contributed by atoms with Gasteiger partial charge < -0.3 is 20.2 Å². The maximum absolute atomic E-state index is 12.3. The number of hydrogen-bond donors (Lipinski definition) is 2. The first kappa shape index (κ1) is 16.1. The Hall–Kier alpha value is -1.75. The fourth-order valence-electron chi connectivity index (χ4n) is 3.16. The van der Waals surface area contributed by atoms with E-state index in [9.17, 15) is 9.90 Å². The van der Waals surface area contributed by atoms with Crippen molar-refractivity contribution in [1.82, 2.24) is 4.90 Å². The average molecular weight is 317 g/mol. The first-order chi connectivity index (χ1) is 11.0. The third-order valence-corrected chi connectivity index (χ3v) is 4.90. The molecule has 1 unspecified atom stereocenters. The van der Waals surface area contributed by atoms with Crippen molar-refractivity contribution in [3.05, 3.63) is 23.8 Å². The minimum Gasteiger partial charge on any atom is -0.391 e. The Morgan fingerprint density at radius 2 is 2.09 bits per heavy atom. The van der Waals surface area contributed by atoms with E-state index >= 15 is 0 Å². The van der Waals surface area contributed by atoms with Crippen LogP contribution in [0.25, 0.3) is 0 Å². The lowest BCUT2D eigenvalue weighted by Gasteiger charge is -2.23. The molecule has 3 rings (SSSR count). The molecular weight excluding hydrogens is 290 g/mol. The molecule has 5 nitrogen and oxygen atoms in total. The Balaban J connectivity index is 1.58. The zero-order chi connectivity index (χ0) is 16.4. The predicted molar refractivity (Wildman–Crippen MR) is 93.0 cm³/mol. The number of aliphatic hydroxyl groups is 1. The Kier molecular flexibility index (Phi) is 4.76. The van der Waals surface area contributed by atoms with Crippen molar-refractivity contribution in [3.8, 4) is 0 Å². The molecule has 2 amide bonds. The summed E-state index contributed by atoms with van der Waals surface area (Å²) < 4.78 is 0. The maximum atomic E-state index is 12.3. The third-order valence-electron chi connectivity index (χ3n) is 4.90. The number of likely N-dealkylation sites (N-methyl/N-ethyl adjacent to an activating group) is 1. The smallest absolute Gasteiger partial charge is 0.321 e. The highest BCUT2D eigenvalue weighted by atomic mass is 16.3. The van der Waals surface area contributed by atoms with Crippen molar-refractivity contribution < 1.29 is 9.90 Å². The molecule has 1 saturated heterocycles. The Morgan fingerprint density at radius 1 is 1.39 bits per heavy atom. The maximum Gasteiger partial charge on any atom is 0.321 e. The van der Waals surface area contributed by atoms with Crippen LogP contribution in [0.5, 0.6) is 0 Å². The van der Waals surface area contributed by atoms with E-state index in [1.807, 2.05) is 13.0 Å². The summed E-state index contributed by atoms with van der Waals surface area (Å²) in [6.07, 6.45) is 4.27. The molecule has 0 aromatic heterocycles. The molecule has 1 saturated carbocycles. The summed E-state index contributed by atoms with van der Waals surface area (Å²) in [7, 11) is 1.73. The molecule has 1 heterocycles. The minimum atomic E-state index is -0.399. The van der Waals surface area contributed by atoms with E-state index in [2.05, 4.69) is 22.3 Å². The van der Waals surface area contributed by atoms with Gasteiger partial charge in [-0.25, -0.2) is 4.79 Å². The fourth-order valence-corrected chi connectivity index (χ4v) is 3.16. The van der Waals surface area contributed by atoms with Gasteiger partial charge in [-0.15, -0.1) is 0 Å². The number of anilines is 2. The number of nitrogens with zero attached hydrogens (tertiary/aromatic N) is 2. The quantitative estimate of drug-likeness (QED) is 0.878. The zero-order valence-electron chi connectivity index (χ0n) is 14.1. The van der Waals surface area contributed by atoms with Crippen LogP contribution in [-0.4, -0.2) is 48.8 Å². The summed E-state index contributed by atoms with van der Waals surface area (Å²) in [5.74, 6) is 0.381. The van der Waals surface area contributed by atoms with E-state index in [1.165, 1.54) is 18.5 Å². The van der Waals surface area contributed by atoms with Crippen LogP contribution in [0.3, 0.4) is 0 Å². The number of carbonyl (C=O) groups excluding carboxylic acids is 1. The monoisotopic (exact) mass is 317 g/mol. The third kappa shape index (κ3) is 3.96. The Morgan fingerprint density at radius 3 is 2.70 bits per heavy atom. The van der Waals surface area contributed by atoms with Crippen molar-refractivity contribution in [2.24, 2.45) is 5.92 Å². The van der Waals surface area contributed by atoms with Crippen molar-refractivity contribution in [2.45, 2.75) is 38.7 Å². The number of carbonyl (C=O) groups is 1. The van der Waals surface area contributed by atoms with E-state index in [4.69, 9.17) is 0 Å². The number of aliphatic hydroxyl groups excluding tert-OH is 1. The van der Waals surface area contributed by atoms with Crippen LogP contribution in [0.1, 0.15) is 31.2 Å². The van der Waals surface area contributed by atoms with E-state index in [0.29, 0.717) is 12.5 Å². The molecule has 1 aromatic rings. The minimum absolute atomic E-state index is 0.165. The number of hydrogen-bond acceptors (Lipinski definition) is 3. The van der Waals surface area contributed by atoms with Crippen LogP contribution in [0.15, 0.2) is 18.2 Å². The van der Waals surface area contributed by atoms with Crippen molar-refractivity contribution >= 4 is 17.4 Å². The van der Waals surface area contributed by atoms with Gasteiger partial charge >= 0.3 is 6.03 Å². The lowest BCUT2D eigenvalue weighted by atomic mass is 10.1. The molecule has 1 atom stereocenters. The summed E-state index contributed by atoms with van der Waals surface area (Å²) in [6.45, 7) is 4.65. The van der Waals surface area contributed by atoms with Gasteiger partial charge in [-0.3, -0.25) is 0 Å². The van der Waals surface area contributed by atoms with E-state index in [0.717, 1.165) is 37.2 Å². The molecular formula is C18H27N3O2. The molecule has 1 aliphatic heterocycles.